The number of ether oxygens (including phenoxy) is 1. The van der Waals surface area contributed by atoms with Gasteiger partial charge in [-0.25, -0.2) is 4.98 Å². The molecule has 2 aliphatic heterocycles. The van der Waals surface area contributed by atoms with E-state index in [1.807, 2.05) is 24.3 Å². The average molecular weight is 346 g/mol. The summed E-state index contributed by atoms with van der Waals surface area (Å²) < 4.78 is 5.95. The van der Waals surface area contributed by atoms with Gasteiger partial charge in [-0.15, -0.1) is 0 Å². The molecule has 1 aromatic carbocycles. The van der Waals surface area contributed by atoms with Crippen molar-refractivity contribution in [2.75, 3.05) is 18.4 Å². The minimum absolute atomic E-state index is 0.233. The van der Waals surface area contributed by atoms with Crippen molar-refractivity contribution < 1.29 is 9.53 Å². The van der Waals surface area contributed by atoms with Crippen molar-refractivity contribution in [3.05, 3.63) is 36.7 Å². The Morgan fingerprint density at radius 3 is 3.12 bits per heavy atom. The maximum absolute atomic E-state index is 12.6. The number of hydrogen-bond acceptors (Lipinski definition) is 6. The van der Waals surface area contributed by atoms with Crippen molar-refractivity contribution in [3.63, 3.8) is 0 Å². The quantitative estimate of drug-likeness (QED) is 0.652. The van der Waals surface area contributed by atoms with Gasteiger partial charge in [0.25, 0.3) is 5.91 Å². The van der Waals surface area contributed by atoms with Crippen molar-refractivity contribution in [2.24, 2.45) is 0 Å². The third-order valence-electron chi connectivity index (χ3n) is 4.97. The summed E-state index contributed by atoms with van der Waals surface area (Å²) in [6, 6.07) is 7.73. The molecular formula is C18H14N6O2. The van der Waals surface area contributed by atoms with Gasteiger partial charge in [0.1, 0.15) is 5.69 Å². The van der Waals surface area contributed by atoms with Crippen LogP contribution < -0.4 is 10.1 Å². The number of nitriles is 1. The fourth-order valence-electron chi connectivity index (χ4n) is 3.59. The molecule has 1 amide bonds. The fraction of sp³-hybridized carbons (Fsp3) is 0.222. The van der Waals surface area contributed by atoms with Crippen LogP contribution in [-0.2, 0) is 4.79 Å². The predicted octanol–water partition coefficient (Wildman–Crippen LogP) is 1.88. The maximum Gasteiger partial charge on any atom is 0.270 e. The summed E-state index contributed by atoms with van der Waals surface area (Å²) >= 11 is 0. The van der Waals surface area contributed by atoms with Crippen molar-refractivity contribution in [1.29, 1.82) is 5.26 Å². The second-order valence-electron chi connectivity index (χ2n) is 6.54. The highest BCUT2D eigenvalue weighted by Gasteiger charge is 2.50. The van der Waals surface area contributed by atoms with Crippen LogP contribution in [0.3, 0.4) is 0 Å². The number of carbonyl (C=O) groups is 1. The number of nitrogens with one attached hydrogen (secondary N) is 2. The number of pyridine rings is 1. The van der Waals surface area contributed by atoms with Crippen LogP contribution in [0.1, 0.15) is 6.42 Å². The predicted molar refractivity (Wildman–Crippen MR) is 93.1 cm³/mol. The lowest BCUT2D eigenvalue weighted by Gasteiger charge is -2.33. The monoisotopic (exact) mass is 346 g/mol. The van der Waals surface area contributed by atoms with Gasteiger partial charge < -0.3 is 15.0 Å². The van der Waals surface area contributed by atoms with Crippen LogP contribution >= 0.6 is 0 Å². The third-order valence-corrected chi connectivity index (χ3v) is 4.97. The molecule has 2 N–H and O–H groups in total. The van der Waals surface area contributed by atoms with Crippen LogP contribution in [0.2, 0.25) is 0 Å². The molecule has 1 fully saturated rings. The van der Waals surface area contributed by atoms with Gasteiger partial charge in [0, 0.05) is 30.1 Å². The number of nitrogens with zero attached hydrogens (tertiary/aromatic N) is 4. The van der Waals surface area contributed by atoms with Crippen LogP contribution in [0.4, 0.5) is 5.69 Å². The minimum Gasteiger partial charge on any atom is -0.457 e. The number of anilines is 1. The Morgan fingerprint density at radius 1 is 1.35 bits per heavy atom. The molecule has 8 heteroatoms. The molecule has 1 atom stereocenters. The smallest absolute Gasteiger partial charge is 0.270 e. The van der Waals surface area contributed by atoms with Crippen molar-refractivity contribution in [1.82, 2.24) is 20.1 Å². The highest BCUT2D eigenvalue weighted by atomic mass is 16.5. The van der Waals surface area contributed by atoms with Gasteiger partial charge in [-0.1, -0.05) is 12.1 Å². The van der Waals surface area contributed by atoms with Crippen LogP contribution in [0.15, 0.2) is 36.7 Å². The lowest BCUT2D eigenvalue weighted by molar-refractivity contribution is -0.131. The zero-order chi connectivity index (χ0) is 17.7. The molecule has 1 spiro atoms. The van der Waals surface area contributed by atoms with Gasteiger partial charge in [0.05, 0.1) is 18.3 Å². The van der Waals surface area contributed by atoms with Crippen molar-refractivity contribution in [3.8, 4) is 23.2 Å². The molecule has 5 rings (SSSR count). The Kier molecular flexibility index (Phi) is 2.94. The van der Waals surface area contributed by atoms with Crippen molar-refractivity contribution in [2.45, 2.75) is 12.0 Å². The zero-order valence-electron chi connectivity index (χ0n) is 13.7. The summed E-state index contributed by atoms with van der Waals surface area (Å²) in [6.45, 7) is 0.742. The summed E-state index contributed by atoms with van der Waals surface area (Å²) in [5.41, 5.74) is 2.26. The first-order valence-electron chi connectivity index (χ1n) is 8.26. The molecule has 0 aliphatic carbocycles. The topological polar surface area (TPSA) is 107 Å². The summed E-state index contributed by atoms with van der Waals surface area (Å²) in [5.74, 6) is 0.149. The van der Waals surface area contributed by atoms with E-state index in [1.54, 1.807) is 12.4 Å². The Labute approximate surface area is 148 Å². The molecule has 26 heavy (non-hydrogen) atoms. The number of carbonyl (C=O) groups excluding carboxylic acids is 1. The van der Waals surface area contributed by atoms with Gasteiger partial charge in [0.2, 0.25) is 11.5 Å². The molecule has 2 aromatic heterocycles. The first-order valence-corrected chi connectivity index (χ1v) is 8.26. The number of amides is 1. The van der Waals surface area contributed by atoms with E-state index >= 15 is 0 Å². The summed E-state index contributed by atoms with van der Waals surface area (Å²) in [5, 5.41) is 20.0. The number of aromatic amines is 1. The van der Waals surface area contributed by atoms with E-state index in [0.717, 1.165) is 22.0 Å². The number of fused-ring (bicyclic) bond motifs is 2. The number of likely N-dealkylation sites (tertiary alicyclic amines) is 1. The first-order chi connectivity index (χ1) is 12.7. The van der Waals surface area contributed by atoms with Gasteiger partial charge >= 0.3 is 0 Å². The van der Waals surface area contributed by atoms with E-state index < -0.39 is 5.60 Å². The van der Waals surface area contributed by atoms with Crippen LogP contribution in [-0.4, -0.2) is 44.7 Å². The standard InChI is InChI=1S/C18H14N6O2/c19-10-24-5-4-18(9-24)17(25)22-15-6-11(7-20-16(15)26-18)12-2-1-3-14-13(12)8-21-23-14/h1-3,6-8H,4-5,9H2,(H,21,23)(H,22,25). The number of hydrogen-bond donors (Lipinski definition) is 2. The second kappa shape index (κ2) is 5.20. The lowest BCUT2D eigenvalue weighted by Crippen LogP contribution is -2.52. The molecule has 128 valence electrons. The zero-order valence-corrected chi connectivity index (χ0v) is 13.7. The normalized spacial score (nSPS) is 21.3. The van der Waals surface area contributed by atoms with E-state index in [-0.39, 0.29) is 12.5 Å². The molecule has 0 radical (unpaired) electrons. The van der Waals surface area contributed by atoms with Gasteiger partial charge in [-0.2, -0.15) is 10.4 Å². The van der Waals surface area contributed by atoms with Crippen molar-refractivity contribution >= 4 is 22.5 Å². The largest absolute Gasteiger partial charge is 0.457 e. The van der Waals surface area contributed by atoms with E-state index in [0.29, 0.717) is 24.5 Å². The third kappa shape index (κ3) is 2.04. The highest BCUT2D eigenvalue weighted by molar-refractivity contribution is 6.02. The average Bonchev–Trinajstić information content (AvgIpc) is 3.29. The summed E-state index contributed by atoms with van der Waals surface area (Å²) in [6.07, 6.45) is 6.02. The number of rotatable bonds is 1. The Morgan fingerprint density at radius 2 is 2.27 bits per heavy atom. The number of H-pyrrole nitrogens is 1. The molecule has 3 aromatic rings. The van der Waals surface area contributed by atoms with Gasteiger partial charge in [-0.3, -0.25) is 9.89 Å². The van der Waals surface area contributed by atoms with Crippen LogP contribution in [0.25, 0.3) is 22.0 Å². The summed E-state index contributed by atoms with van der Waals surface area (Å²) in [4.78, 5) is 18.6. The van der Waals surface area contributed by atoms with E-state index in [2.05, 4.69) is 26.7 Å². The molecule has 8 nitrogen and oxygen atoms in total. The van der Waals surface area contributed by atoms with E-state index in [9.17, 15) is 4.79 Å². The highest BCUT2D eigenvalue weighted by Crippen LogP contribution is 2.39. The minimum atomic E-state index is -1.04. The van der Waals surface area contributed by atoms with Gasteiger partial charge in [0.15, 0.2) is 6.19 Å². The molecule has 0 bridgehead atoms. The number of aromatic nitrogens is 3. The SMILES string of the molecule is N#CN1CCC2(C1)Oc1ncc(-c3cccc4[nH]ncc34)cc1NC2=O. The first kappa shape index (κ1) is 14.7. The van der Waals surface area contributed by atoms with Gasteiger partial charge in [-0.05, 0) is 17.7 Å². The molecule has 1 unspecified atom stereocenters. The molecule has 4 heterocycles. The molecule has 2 aliphatic rings. The van der Waals surface area contributed by atoms with E-state index in [1.165, 1.54) is 4.90 Å². The summed E-state index contributed by atoms with van der Waals surface area (Å²) in [7, 11) is 0. The Bertz CT molecular complexity index is 1080. The second-order valence-corrected chi connectivity index (χ2v) is 6.54. The van der Waals surface area contributed by atoms with E-state index in [4.69, 9.17) is 10.00 Å². The van der Waals surface area contributed by atoms with Crippen LogP contribution in [0.5, 0.6) is 5.88 Å². The number of benzene rings is 1. The Balaban J connectivity index is 1.54. The van der Waals surface area contributed by atoms with Crippen LogP contribution in [0, 0.1) is 11.5 Å². The molecule has 0 saturated carbocycles. The molecule has 1 saturated heterocycles. The lowest BCUT2D eigenvalue weighted by atomic mass is 9.99. The Hall–Kier alpha value is -3.60. The maximum atomic E-state index is 12.6. The molecular weight excluding hydrogens is 332 g/mol. The fourth-order valence-corrected chi connectivity index (χ4v) is 3.59.